The number of carbonyl (C=O) groups is 2. The summed E-state index contributed by atoms with van der Waals surface area (Å²) >= 11 is 0. The molecule has 140 valence electrons. The number of nitrogens with zero attached hydrogens (tertiary/aromatic N) is 2. The fraction of sp³-hybridized carbons (Fsp3) is 0.250. The molecule has 0 fully saturated rings. The summed E-state index contributed by atoms with van der Waals surface area (Å²) in [4.78, 5) is 28.2. The van der Waals surface area contributed by atoms with Gasteiger partial charge in [-0.05, 0) is 36.2 Å². The number of anilines is 1. The zero-order valence-corrected chi connectivity index (χ0v) is 15.4. The van der Waals surface area contributed by atoms with Gasteiger partial charge in [-0.25, -0.2) is 4.98 Å². The second-order valence-electron chi connectivity index (χ2n) is 6.13. The summed E-state index contributed by atoms with van der Waals surface area (Å²) in [6, 6.07) is 11.1. The summed E-state index contributed by atoms with van der Waals surface area (Å²) in [5.41, 5.74) is 2.46. The van der Waals surface area contributed by atoms with E-state index in [2.05, 4.69) is 27.1 Å². The van der Waals surface area contributed by atoms with Gasteiger partial charge in [0.1, 0.15) is 0 Å². The lowest BCUT2D eigenvalue weighted by Gasteiger charge is -2.08. The molecule has 2 heterocycles. The first-order valence-corrected chi connectivity index (χ1v) is 8.77. The van der Waals surface area contributed by atoms with Crippen LogP contribution in [-0.2, 0) is 22.7 Å². The summed E-state index contributed by atoms with van der Waals surface area (Å²) in [5, 5.41) is 6.23. The number of methoxy groups -OCH3 is 1. The highest BCUT2D eigenvalue weighted by Crippen LogP contribution is 2.21. The lowest BCUT2D eigenvalue weighted by molar-refractivity contribution is -0.136. The number of ether oxygens (including phenoxy) is 1. The first kappa shape index (κ1) is 18.4. The minimum absolute atomic E-state index is 0.210. The third-order valence-corrected chi connectivity index (χ3v) is 4.16. The third kappa shape index (κ3) is 4.44. The smallest absolute Gasteiger partial charge is 0.313 e. The molecule has 0 atom stereocenters. The molecule has 2 amide bonds. The monoisotopic (exact) mass is 366 g/mol. The fourth-order valence-electron chi connectivity index (χ4n) is 2.80. The van der Waals surface area contributed by atoms with Crippen LogP contribution in [-0.4, -0.2) is 28.5 Å². The van der Waals surface area contributed by atoms with E-state index in [0.29, 0.717) is 11.6 Å². The van der Waals surface area contributed by atoms with Crippen LogP contribution >= 0.6 is 0 Å². The van der Waals surface area contributed by atoms with Crippen LogP contribution in [0.5, 0.6) is 5.88 Å². The number of hydrogen-bond acceptors (Lipinski definition) is 4. The molecule has 0 saturated carbocycles. The van der Waals surface area contributed by atoms with Crippen molar-refractivity contribution in [2.24, 2.45) is 0 Å². The highest BCUT2D eigenvalue weighted by molar-refractivity contribution is 6.39. The maximum Gasteiger partial charge on any atom is 0.313 e. The SMILES string of the molecule is CCCn1ccc2cc(NC(=O)C(=O)NCc3ccc(OC)nc3)ccc21. The Kier molecular flexibility index (Phi) is 5.71. The molecule has 0 saturated heterocycles. The minimum atomic E-state index is -0.705. The minimum Gasteiger partial charge on any atom is -0.481 e. The van der Waals surface area contributed by atoms with Crippen LogP contribution in [0.3, 0.4) is 0 Å². The first-order valence-electron chi connectivity index (χ1n) is 8.77. The van der Waals surface area contributed by atoms with Crippen LogP contribution in [0, 0.1) is 0 Å². The lowest BCUT2D eigenvalue weighted by atomic mass is 10.2. The molecule has 2 aromatic heterocycles. The molecule has 0 aliphatic heterocycles. The van der Waals surface area contributed by atoms with Crippen LogP contribution in [0.4, 0.5) is 5.69 Å². The molecule has 0 spiro atoms. The van der Waals surface area contributed by atoms with E-state index in [0.717, 1.165) is 29.4 Å². The Labute approximate surface area is 157 Å². The predicted molar refractivity (Wildman–Crippen MR) is 103 cm³/mol. The number of aryl methyl sites for hydroxylation is 1. The van der Waals surface area contributed by atoms with Crippen molar-refractivity contribution < 1.29 is 14.3 Å². The van der Waals surface area contributed by atoms with Crippen molar-refractivity contribution in [1.82, 2.24) is 14.9 Å². The Balaban J connectivity index is 1.58. The third-order valence-electron chi connectivity index (χ3n) is 4.16. The number of aromatic nitrogens is 2. The van der Waals surface area contributed by atoms with Gasteiger partial charge in [-0.1, -0.05) is 13.0 Å². The molecule has 3 aromatic rings. The van der Waals surface area contributed by atoms with E-state index in [4.69, 9.17) is 4.74 Å². The number of amides is 2. The Hall–Kier alpha value is -3.35. The second kappa shape index (κ2) is 8.35. The average molecular weight is 366 g/mol. The van der Waals surface area contributed by atoms with Gasteiger partial charge in [-0.15, -0.1) is 0 Å². The molecule has 2 N–H and O–H groups in total. The number of nitrogens with one attached hydrogen (secondary N) is 2. The molecule has 0 unspecified atom stereocenters. The van der Waals surface area contributed by atoms with Crippen LogP contribution in [0.25, 0.3) is 10.9 Å². The second-order valence-corrected chi connectivity index (χ2v) is 6.13. The molecule has 0 aliphatic carbocycles. The summed E-state index contributed by atoms with van der Waals surface area (Å²) in [6.07, 6.45) is 4.66. The molecule has 7 nitrogen and oxygen atoms in total. The molecular formula is C20H22N4O3. The van der Waals surface area contributed by atoms with Crippen LogP contribution in [0.1, 0.15) is 18.9 Å². The maximum absolute atomic E-state index is 12.1. The topological polar surface area (TPSA) is 85.2 Å². The van der Waals surface area contributed by atoms with Crippen LogP contribution in [0.2, 0.25) is 0 Å². The Morgan fingerprint density at radius 2 is 2.00 bits per heavy atom. The molecule has 0 aliphatic rings. The fourth-order valence-corrected chi connectivity index (χ4v) is 2.80. The molecule has 1 aromatic carbocycles. The van der Waals surface area contributed by atoms with Crippen LogP contribution < -0.4 is 15.4 Å². The van der Waals surface area contributed by atoms with E-state index in [9.17, 15) is 9.59 Å². The number of rotatable bonds is 6. The van der Waals surface area contributed by atoms with Gasteiger partial charge in [0.25, 0.3) is 0 Å². The quantitative estimate of drug-likeness (QED) is 0.657. The standard InChI is InChI=1S/C20H22N4O3/c1-3-9-24-10-8-15-11-16(5-6-17(15)24)23-20(26)19(25)22-13-14-4-7-18(27-2)21-12-14/h4-8,10-12H,3,9,13H2,1-2H3,(H,22,25)(H,23,26). The van der Waals surface area contributed by atoms with E-state index in [1.165, 1.54) is 7.11 Å². The van der Waals surface area contributed by atoms with Crippen molar-refractivity contribution in [3.63, 3.8) is 0 Å². The van der Waals surface area contributed by atoms with Gasteiger partial charge in [0.15, 0.2) is 0 Å². The van der Waals surface area contributed by atoms with Crippen molar-refractivity contribution in [2.45, 2.75) is 26.4 Å². The number of carbonyl (C=O) groups excluding carboxylic acids is 2. The van der Waals surface area contributed by atoms with Gasteiger partial charge in [-0.2, -0.15) is 0 Å². The zero-order chi connectivity index (χ0) is 19.2. The summed E-state index contributed by atoms with van der Waals surface area (Å²) in [5.74, 6) is -0.913. The number of hydrogen-bond donors (Lipinski definition) is 2. The zero-order valence-electron chi connectivity index (χ0n) is 15.4. The number of benzene rings is 1. The first-order chi connectivity index (χ1) is 13.1. The Morgan fingerprint density at radius 3 is 2.70 bits per heavy atom. The highest BCUT2D eigenvalue weighted by atomic mass is 16.5. The van der Waals surface area contributed by atoms with Gasteiger partial charge < -0.3 is 19.9 Å². The van der Waals surface area contributed by atoms with E-state index in [1.807, 2.05) is 24.4 Å². The summed E-state index contributed by atoms with van der Waals surface area (Å²) in [7, 11) is 1.53. The molecule has 0 radical (unpaired) electrons. The van der Waals surface area contributed by atoms with Gasteiger partial charge >= 0.3 is 11.8 Å². The number of fused-ring (bicyclic) bond motifs is 1. The van der Waals surface area contributed by atoms with Crippen molar-refractivity contribution in [2.75, 3.05) is 12.4 Å². The summed E-state index contributed by atoms with van der Waals surface area (Å²) in [6.45, 7) is 3.28. The van der Waals surface area contributed by atoms with Crippen molar-refractivity contribution in [3.8, 4) is 5.88 Å². The van der Waals surface area contributed by atoms with Crippen LogP contribution in [0.15, 0.2) is 48.8 Å². The molecule has 27 heavy (non-hydrogen) atoms. The molecule has 7 heteroatoms. The maximum atomic E-state index is 12.1. The molecule has 0 bridgehead atoms. The summed E-state index contributed by atoms with van der Waals surface area (Å²) < 4.78 is 7.14. The highest BCUT2D eigenvalue weighted by Gasteiger charge is 2.14. The molecule has 3 rings (SSSR count). The largest absolute Gasteiger partial charge is 0.481 e. The van der Waals surface area contributed by atoms with E-state index in [1.54, 1.807) is 24.4 Å². The van der Waals surface area contributed by atoms with Gasteiger partial charge in [-0.3, -0.25) is 9.59 Å². The van der Waals surface area contributed by atoms with E-state index in [-0.39, 0.29) is 6.54 Å². The van der Waals surface area contributed by atoms with E-state index >= 15 is 0 Å². The van der Waals surface area contributed by atoms with Gasteiger partial charge in [0.2, 0.25) is 5.88 Å². The Morgan fingerprint density at radius 1 is 1.15 bits per heavy atom. The Bertz CT molecular complexity index is 948. The van der Waals surface area contributed by atoms with Crippen molar-refractivity contribution in [3.05, 3.63) is 54.4 Å². The van der Waals surface area contributed by atoms with Gasteiger partial charge in [0, 0.05) is 48.1 Å². The average Bonchev–Trinajstić information content (AvgIpc) is 3.09. The number of pyridine rings is 1. The normalized spacial score (nSPS) is 10.6. The van der Waals surface area contributed by atoms with Crippen molar-refractivity contribution >= 4 is 28.4 Å². The van der Waals surface area contributed by atoms with Gasteiger partial charge in [0.05, 0.1) is 7.11 Å². The van der Waals surface area contributed by atoms with Crippen molar-refractivity contribution in [1.29, 1.82) is 0 Å². The van der Waals surface area contributed by atoms with E-state index < -0.39 is 11.8 Å². The molecular weight excluding hydrogens is 344 g/mol. The lowest BCUT2D eigenvalue weighted by Crippen LogP contribution is -2.34. The predicted octanol–water partition coefficient (Wildman–Crippen LogP) is 2.71.